The minimum absolute atomic E-state index is 0.0217. The summed E-state index contributed by atoms with van der Waals surface area (Å²) in [5.74, 6) is -2.32. The van der Waals surface area contributed by atoms with Crippen LogP contribution in [0.15, 0.2) is 0 Å². The van der Waals surface area contributed by atoms with E-state index in [-0.39, 0.29) is 24.3 Å². The molecule has 0 unspecified atom stereocenters. The second-order valence-electron chi connectivity index (χ2n) is 8.40. The lowest BCUT2D eigenvalue weighted by molar-refractivity contribution is -0.143. The van der Waals surface area contributed by atoms with Crippen LogP contribution in [-0.2, 0) is 19.1 Å². The van der Waals surface area contributed by atoms with Crippen LogP contribution >= 0.6 is 0 Å². The van der Waals surface area contributed by atoms with E-state index >= 15 is 0 Å². The Morgan fingerprint density at radius 3 is 2.34 bits per heavy atom. The summed E-state index contributed by atoms with van der Waals surface area (Å²) >= 11 is 0. The van der Waals surface area contributed by atoms with Gasteiger partial charge in [0.1, 0.15) is 18.2 Å². The van der Waals surface area contributed by atoms with E-state index in [1.54, 1.807) is 0 Å². The molecule has 0 aromatic heterocycles. The van der Waals surface area contributed by atoms with Crippen molar-refractivity contribution in [2.75, 3.05) is 6.54 Å². The van der Waals surface area contributed by atoms with Crippen LogP contribution in [0.4, 0.5) is 4.79 Å². The number of hydrogen-bond donors (Lipinski definition) is 4. The molecule has 2 fully saturated rings. The van der Waals surface area contributed by atoms with Gasteiger partial charge in [-0.1, -0.05) is 20.3 Å². The summed E-state index contributed by atoms with van der Waals surface area (Å²) in [4.78, 5) is 48.3. The van der Waals surface area contributed by atoms with E-state index in [0.717, 1.165) is 32.1 Å². The van der Waals surface area contributed by atoms with Crippen LogP contribution in [0.5, 0.6) is 0 Å². The van der Waals surface area contributed by atoms with E-state index in [0.29, 0.717) is 19.4 Å². The third-order valence-electron chi connectivity index (χ3n) is 5.44. The van der Waals surface area contributed by atoms with Gasteiger partial charge in [-0.05, 0) is 50.9 Å². The molecule has 9 nitrogen and oxygen atoms in total. The maximum Gasteiger partial charge on any atom is 0.408 e. The van der Waals surface area contributed by atoms with E-state index in [4.69, 9.17) is 4.74 Å². The van der Waals surface area contributed by atoms with Crippen LogP contribution in [0.2, 0.25) is 0 Å². The van der Waals surface area contributed by atoms with Gasteiger partial charge in [-0.3, -0.25) is 9.59 Å². The van der Waals surface area contributed by atoms with Gasteiger partial charge in [-0.2, -0.15) is 0 Å². The fraction of sp³-hybridized carbons (Fsp3) is 0.800. The number of rotatable bonds is 9. The molecule has 0 aromatic carbocycles. The number of amides is 3. The van der Waals surface area contributed by atoms with Crippen LogP contribution < -0.4 is 16.0 Å². The van der Waals surface area contributed by atoms with E-state index in [2.05, 4.69) is 16.0 Å². The van der Waals surface area contributed by atoms with E-state index in [1.807, 2.05) is 13.8 Å². The van der Waals surface area contributed by atoms with Gasteiger partial charge in [0.15, 0.2) is 0 Å². The molecule has 0 spiro atoms. The van der Waals surface area contributed by atoms with Gasteiger partial charge in [-0.25, -0.2) is 9.59 Å². The Bertz CT molecular complexity index is 603. The molecule has 3 amide bonds. The fourth-order valence-electron chi connectivity index (χ4n) is 3.86. The Labute approximate surface area is 171 Å². The summed E-state index contributed by atoms with van der Waals surface area (Å²) in [6, 6.07) is -2.09. The highest BCUT2D eigenvalue weighted by Crippen LogP contribution is 2.20. The summed E-state index contributed by atoms with van der Waals surface area (Å²) < 4.78 is 5.43. The van der Waals surface area contributed by atoms with E-state index < -0.39 is 36.0 Å². The number of carbonyl (C=O) groups is 4. The van der Waals surface area contributed by atoms with Gasteiger partial charge in [0.2, 0.25) is 11.8 Å². The molecule has 29 heavy (non-hydrogen) atoms. The molecule has 0 bridgehead atoms. The standard InChI is InChI=1S/C20H33N3O6/c1-12(2)10-15(23-20(28)29-14-6-4-3-5-7-14)18(25)22-16(19(26)27)11-13-8-9-21-17(13)24/h12-16H,3-11H2,1-2H3,(H,21,24)(H,22,25)(H,23,28)(H,26,27)/t13-,15-,16-/m0/s1. The molecule has 0 aromatic rings. The highest BCUT2D eigenvalue weighted by atomic mass is 16.6. The number of nitrogens with one attached hydrogen (secondary N) is 3. The van der Waals surface area contributed by atoms with Gasteiger partial charge in [0, 0.05) is 12.5 Å². The minimum atomic E-state index is -1.20. The van der Waals surface area contributed by atoms with Gasteiger partial charge in [0.05, 0.1) is 0 Å². The lowest BCUT2D eigenvalue weighted by Crippen LogP contribution is -2.53. The van der Waals surface area contributed by atoms with E-state index in [9.17, 15) is 24.3 Å². The average Bonchev–Trinajstić information content (AvgIpc) is 3.05. The first-order chi connectivity index (χ1) is 13.8. The Hall–Kier alpha value is -2.32. The molecule has 2 rings (SSSR count). The molecule has 1 saturated carbocycles. The first kappa shape index (κ1) is 23.0. The van der Waals surface area contributed by atoms with Crippen molar-refractivity contribution in [3.63, 3.8) is 0 Å². The lowest BCUT2D eigenvalue weighted by atomic mass is 9.97. The Kier molecular flexibility index (Phi) is 8.72. The summed E-state index contributed by atoms with van der Waals surface area (Å²) in [6.45, 7) is 4.33. The Balaban J connectivity index is 1.95. The van der Waals surface area contributed by atoms with E-state index in [1.165, 1.54) is 0 Å². The summed E-state index contributed by atoms with van der Waals surface area (Å²) in [6.07, 6.45) is 4.92. The molecule has 9 heteroatoms. The maximum absolute atomic E-state index is 12.7. The first-order valence-electron chi connectivity index (χ1n) is 10.5. The smallest absolute Gasteiger partial charge is 0.408 e. The number of carboxylic acid groups (broad SMARTS) is 1. The first-order valence-corrected chi connectivity index (χ1v) is 10.5. The molecule has 3 atom stereocenters. The number of aliphatic carboxylic acids is 1. The molecule has 1 aliphatic carbocycles. The minimum Gasteiger partial charge on any atom is -0.480 e. The number of carbonyl (C=O) groups excluding carboxylic acids is 3. The molecule has 0 radical (unpaired) electrons. The predicted molar refractivity (Wildman–Crippen MR) is 105 cm³/mol. The summed E-state index contributed by atoms with van der Waals surface area (Å²) in [5, 5.41) is 17.2. The fourth-order valence-corrected chi connectivity index (χ4v) is 3.86. The van der Waals surface area contributed by atoms with Crippen molar-refractivity contribution in [3.05, 3.63) is 0 Å². The van der Waals surface area contributed by atoms with Crippen LogP contribution in [-0.4, -0.2) is 53.7 Å². The predicted octanol–water partition coefficient (Wildman–Crippen LogP) is 1.56. The van der Waals surface area contributed by atoms with Crippen molar-refractivity contribution in [2.24, 2.45) is 11.8 Å². The SMILES string of the molecule is CC(C)C[C@H](NC(=O)OC1CCCCC1)C(=O)N[C@@H](C[C@@H]1CCNC1=O)C(=O)O. The number of alkyl carbamates (subject to hydrolysis) is 1. The van der Waals surface area contributed by atoms with Crippen LogP contribution in [0.3, 0.4) is 0 Å². The normalized spacial score (nSPS) is 21.9. The molecule has 1 aliphatic heterocycles. The van der Waals surface area contributed by atoms with Crippen molar-refractivity contribution in [3.8, 4) is 0 Å². The lowest BCUT2D eigenvalue weighted by Gasteiger charge is -2.26. The van der Waals surface area contributed by atoms with Gasteiger partial charge in [-0.15, -0.1) is 0 Å². The second-order valence-corrected chi connectivity index (χ2v) is 8.40. The third kappa shape index (κ3) is 7.55. The molecule has 1 heterocycles. The molecular weight excluding hydrogens is 378 g/mol. The Morgan fingerprint density at radius 2 is 1.79 bits per heavy atom. The second kappa shape index (κ2) is 11.0. The monoisotopic (exact) mass is 411 g/mol. The van der Waals surface area contributed by atoms with Crippen molar-refractivity contribution >= 4 is 23.9 Å². The van der Waals surface area contributed by atoms with Crippen LogP contribution in [0, 0.1) is 11.8 Å². The van der Waals surface area contributed by atoms with Crippen molar-refractivity contribution in [2.45, 2.75) is 83.4 Å². The molecule has 4 N–H and O–H groups in total. The molecule has 1 saturated heterocycles. The summed E-state index contributed by atoms with van der Waals surface area (Å²) in [7, 11) is 0. The molecular formula is C20H33N3O6. The molecule has 164 valence electrons. The largest absolute Gasteiger partial charge is 0.480 e. The van der Waals surface area contributed by atoms with Gasteiger partial charge in [0.25, 0.3) is 0 Å². The average molecular weight is 411 g/mol. The van der Waals surface area contributed by atoms with Crippen molar-refractivity contribution in [1.82, 2.24) is 16.0 Å². The number of hydrogen-bond acceptors (Lipinski definition) is 5. The number of carboxylic acids is 1. The Morgan fingerprint density at radius 1 is 1.10 bits per heavy atom. The van der Waals surface area contributed by atoms with Crippen LogP contribution in [0.25, 0.3) is 0 Å². The van der Waals surface area contributed by atoms with Crippen molar-refractivity contribution in [1.29, 1.82) is 0 Å². The third-order valence-corrected chi connectivity index (χ3v) is 5.44. The van der Waals surface area contributed by atoms with Gasteiger partial charge < -0.3 is 25.8 Å². The van der Waals surface area contributed by atoms with Gasteiger partial charge >= 0.3 is 12.1 Å². The quantitative estimate of drug-likeness (QED) is 0.455. The molecule has 2 aliphatic rings. The van der Waals surface area contributed by atoms with Crippen LogP contribution in [0.1, 0.15) is 65.2 Å². The zero-order valence-corrected chi connectivity index (χ0v) is 17.2. The topological polar surface area (TPSA) is 134 Å². The highest BCUT2D eigenvalue weighted by Gasteiger charge is 2.33. The number of ether oxygens (including phenoxy) is 1. The zero-order valence-electron chi connectivity index (χ0n) is 17.2. The summed E-state index contributed by atoms with van der Waals surface area (Å²) in [5.41, 5.74) is 0. The zero-order chi connectivity index (χ0) is 21.4. The maximum atomic E-state index is 12.7. The van der Waals surface area contributed by atoms with Crippen molar-refractivity contribution < 1.29 is 29.0 Å². The highest BCUT2D eigenvalue weighted by molar-refractivity contribution is 5.90.